The molecule has 6 nitrogen and oxygen atoms in total. The van der Waals surface area contributed by atoms with Crippen LogP contribution in [0.15, 0.2) is 72.2 Å². The topological polar surface area (TPSA) is 105 Å². The van der Waals surface area contributed by atoms with E-state index in [2.05, 4.69) is 47.9 Å². The number of allylic oxidation sites excluding steroid dienone is 1. The van der Waals surface area contributed by atoms with Crippen LogP contribution in [0.4, 0.5) is 5.69 Å². The molecule has 0 amide bonds. The molecule has 2 aromatic rings. The molecule has 2 unspecified atom stereocenters. The molecule has 1 saturated heterocycles. The molecule has 2 atom stereocenters. The van der Waals surface area contributed by atoms with Crippen LogP contribution in [0, 0.1) is 0 Å². The summed E-state index contributed by atoms with van der Waals surface area (Å²) in [7, 11) is 0. The zero-order valence-corrected chi connectivity index (χ0v) is 17.1. The van der Waals surface area contributed by atoms with Crippen LogP contribution in [0.3, 0.4) is 0 Å². The van der Waals surface area contributed by atoms with Crippen LogP contribution in [0.25, 0.3) is 5.70 Å². The Hall–Kier alpha value is -3.28. The van der Waals surface area contributed by atoms with E-state index in [-0.39, 0.29) is 17.6 Å². The first-order valence-corrected chi connectivity index (χ1v) is 10.0. The predicted octanol–water partition coefficient (Wildman–Crippen LogP) is 2.77. The second-order valence-corrected chi connectivity index (χ2v) is 7.52. The van der Waals surface area contributed by atoms with E-state index in [9.17, 15) is 5.11 Å². The van der Waals surface area contributed by atoms with Crippen molar-refractivity contribution in [2.45, 2.75) is 32.4 Å². The highest BCUT2D eigenvalue weighted by molar-refractivity contribution is 5.70. The molecule has 3 rings (SSSR count). The van der Waals surface area contributed by atoms with Crippen molar-refractivity contribution in [1.82, 2.24) is 4.90 Å². The summed E-state index contributed by atoms with van der Waals surface area (Å²) in [5, 5.41) is 10.1. The fourth-order valence-corrected chi connectivity index (χ4v) is 4.07. The van der Waals surface area contributed by atoms with Crippen molar-refractivity contribution in [3.63, 3.8) is 0 Å². The normalized spacial score (nSPS) is 19.9. The summed E-state index contributed by atoms with van der Waals surface area (Å²) in [4.78, 5) is 4.66. The number of anilines is 1. The van der Waals surface area contributed by atoms with Gasteiger partial charge in [0.15, 0.2) is 0 Å². The maximum atomic E-state index is 10.1. The van der Waals surface area contributed by atoms with Crippen LogP contribution in [0.5, 0.6) is 5.75 Å². The van der Waals surface area contributed by atoms with Crippen LogP contribution in [0.1, 0.15) is 25.8 Å². The summed E-state index contributed by atoms with van der Waals surface area (Å²) in [5.74, 6) is 0.350. The number of aromatic hydroxyl groups is 1. The Kier molecular flexibility index (Phi) is 6.22. The van der Waals surface area contributed by atoms with Gasteiger partial charge in [-0.05, 0) is 43.7 Å². The lowest BCUT2D eigenvalue weighted by Gasteiger charge is -2.48. The van der Waals surface area contributed by atoms with E-state index < -0.39 is 0 Å². The number of nitrogens with zero attached hydrogens (tertiary/aromatic N) is 2. The molecule has 1 fully saturated rings. The number of phenolic OH excluding ortho intramolecular Hbond substituents is 1. The highest BCUT2D eigenvalue weighted by Crippen LogP contribution is 2.29. The first-order valence-electron chi connectivity index (χ1n) is 10.0. The van der Waals surface area contributed by atoms with Gasteiger partial charge in [0.2, 0.25) is 0 Å². The summed E-state index contributed by atoms with van der Waals surface area (Å²) in [5.41, 5.74) is 21.3. The monoisotopic (exact) mass is 393 g/mol. The number of hydrogen-bond donors (Lipinski definition) is 4. The van der Waals surface area contributed by atoms with E-state index in [1.54, 1.807) is 24.3 Å². The lowest BCUT2D eigenvalue weighted by atomic mass is 10.0. The van der Waals surface area contributed by atoms with Gasteiger partial charge >= 0.3 is 0 Å². The Balaban J connectivity index is 1.89. The molecule has 1 aliphatic rings. The van der Waals surface area contributed by atoms with Crippen molar-refractivity contribution in [2.24, 2.45) is 17.2 Å². The van der Waals surface area contributed by atoms with Crippen molar-refractivity contribution in [3.8, 4) is 5.75 Å². The maximum absolute atomic E-state index is 10.1. The first kappa shape index (κ1) is 20.5. The number of benzene rings is 2. The third-order valence-corrected chi connectivity index (χ3v) is 5.45. The molecule has 1 heterocycles. The Bertz CT molecular complexity index is 889. The molecule has 7 N–H and O–H groups in total. The number of piperazine rings is 1. The van der Waals surface area contributed by atoms with Crippen molar-refractivity contribution < 1.29 is 5.11 Å². The molecule has 0 saturated carbocycles. The highest BCUT2D eigenvalue weighted by atomic mass is 16.3. The molecule has 154 valence electrons. The van der Waals surface area contributed by atoms with E-state index in [4.69, 9.17) is 17.2 Å². The van der Waals surface area contributed by atoms with Crippen LogP contribution >= 0.6 is 0 Å². The number of phenols is 1. The molecule has 0 aliphatic carbocycles. The van der Waals surface area contributed by atoms with Gasteiger partial charge in [0, 0.05) is 42.1 Å². The van der Waals surface area contributed by atoms with Crippen LogP contribution in [-0.4, -0.2) is 35.2 Å². The highest BCUT2D eigenvalue weighted by Gasteiger charge is 2.32. The molecular formula is C23H31N5O. The largest absolute Gasteiger partial charge is 0.507 e. The fraction of sp³-hybridized carbons (Fsp3) is 0.304. The number of para-hydroxylation sites is 2. The molecule has 0 aromatic heterocycles. The average molecular weight is 394 g/mol. The van der Waals surface area contributed by atoms with Crippen molar-refractivity contribution in [2.75, 3.05) is 18.0 Å². The fourth-order valence-electron chi connectivity index (χ4n) is 4.07. The van der Waals surface area contributed by atoms with Crippen LogP contribution < -0.4 is 22.1 Å². The molecule has 1 aliphatic heterocycles. The van der Waals surface area contributed by atoms with Gasteiger partial charge in [0.05, 0.1) is 5.70 Å². The average Bonchev–Trinajstić information content (AvgIpc) is 2.71. The van der Waals surface area contributed by atoms with Gasteiger partial charge < -0.3 is 32.1 Å². The zero-order valence-electron chi connectivity index (χ0n) is 17.1. The second-order valence-electron chi connectivity index (χ2n) is 7.52. The smallest absolute Gasteiger partial charge is 0.124 e. The Morgan fingerprint density at radius 3 is 2.31 bits per heavy atom. The summed E-state index contributed by atoms with van der Waals surface area (Å²) in [6.45, 7) is 5.96. The number of nitrogens with two attached hydrogens (primary N) is 3. The molecule has 0 spiro atoms. The molecule has 0 bridgehead atoms. The van der Waals surface area contributed by atoms with Gasteiger partial charge in [-0.1, -0.05) is 37.3 Å². The lowest BCUT2D eigenvalue weighted by molar-refractivity contribution is 0.240. The zero-order chi connectivity index (χ0) is 21.0. The Morgan fingerprint density at radius 2 is 1.69 bits per heavy atom. The molecule has 0 radical (unpaired) electrons. The third-order valence-electron chi connectivity index (χ3n) is 5.45. The van der Waals surface area contributed by atoms with Crippen molar-refractivity contribution >= 4 is 11.4 Å². The Labute approximate surface area is 172 Å². The van der Waals surface area contributed by atoms with Gasteiger partial charge in [0.25, 0.3) is 0 Å². The predicted molar refractivity (Wildman–Crippen MR) is 120 cm³/mol. The molecule has 2 aromatic carbocycles. The van der Waals surface area contributed by atoms with Gasteiger partial charge in [-0.3, -0.25) is 0 Å². The maximum Gasteiger partial charge on any atom is 0.124 e. The summed E-state index contributed by atoms with van der Waals surface area (Å²) >= 11 is 0. The Morgan fingerprint density at radius 1 is 1.03 bits per heavy atom. The third kappa shape index (κ3) is 4.42. The first-order chi connectivity index (χ1) is 13.9. The SMILES string of the molecule is CCC1CN(C(/C=C(\N)c2ccccc2O)=C(N)N)CC(C)N1c1ccccc1. The van der Waals surface area contributed by atoms with Gasteiger partial charge in [-0.15, -0.1) is 0 Å². The van der Waals surface area contributed by atoms with E-state index in [0.717, 1.165) is 19.5 Å². The number of rotatable bonds is 5. The van der Waals surface area contributed by atoms with E-state index in [0.29, 0.717) is 23.0 Å². The minimum atomic E-state index is 0.130. The molecule has 29 heavy (non-hydrogen) atoms. The molecular weight excluding hydrogens is 362 g/mol. The van der Waals surface area contributed by atoms with Gasteiger partial charge in [-0.25, -0.2) is 0 Å². The molecule has 6 heteroatoms. The summed E-state index contributed by atoms with van der Waals surface area (Å²) < 4.78 is 0. The van der Waals surface area contributed by atoms with E-state index in [1.807, 2.05) is 12.1 Å². The number of hydrogen-bond acceptors (Lipinski definition) is 6. The van der Waals surface area contributed by atoms with Gasteiger partial charge in [-0.2, -0.15) is 0 Å². The van der Waals surface area contributed by atoms with Crippen molar-refractivity contribution in [3.05, 3.63) is 77.8 Å². The van der Waals surface area contributed by atoms with Crippen LogP contribution in [-0.2, 0) is 0 Å². The van der Waals surface area contributed by atoms with Crippen molar-refractivity contribution in [1.29, 1.82) is 0 Å². The minimum absolute atomic E-state index is 0.130. The van der Waals surface area contributed by atoms with Gasteiger partial charge in [0.1, 0.15) is 11.6 Å². The summed E-state index contributed by atoms with van der Waals surface area (Å²) in [6, 6.07) is 18.0. The lowest BCUT2D eigenvalue weighted by Crippen LogP contribution is -2.57. The van der Waals surface area contributed by atoms with Crippen LogP contribution in [0.2, 0.25) is 0 Å². The van der Waals surface area contributed by atoms with E-state index >= 15 is 0 Å². The minimum Gasteiger partial charge on any atom is -0.507 e. The standard InChI is InChI=1S/C23H31N5O/c1-3-17-15-27(14-16(2)28(17)18-9-5-4-6-10-18)21(23(25)26)13-20(24)19-11-7-8-12-22(19)29/h4-13,16-17,29H,3,14-15,24-26H2,1-2H3/b20-13-. The summed E-state index contributed by atoms with van der Waals surface area (Å²) in [6.07, 6.45) is 2.76. The second kappa shape index (κ2) is 8.82. The quantitative estimate of drug-likeness (QED) is 0.582. The van der Waals surface area contributed by atoms with E-state index in [1.165, 1.54) is 5.69 Å².